The Morgan fingerprint density at radius 3 is 1.18 bits per heavy atom. The first-order valence-electron chi connectivity index (χ1n) is 10.9. The van der Waals surface area contributed by atoms with E-state index in [4.69, 9.17) is 39.9 Å². The van der Waals surface area contributed by atoms with Crippen molar-refractivity contribution >= 4 is 33.7 Å². The van der Waals surface area contributed by atoms with Crippen molar-refractivity contribution in [1.82, 2.24) is 39.9 Å². The fourth-order valence-corrected chi connectivity index (χ4v) is 3.90. The molecule has 2 atom stereocenters. The van der Waals surface area contributed by atoms with E-state index >= 15 is 0 Å². The minimum atomic E-state index is 0. The summed E-state index contributed by atoms with van der Waals surface area (Å²) < 4.78 is 0. The Balaban J connectivity index is 0.00000259. The molecule has 0 fully saturated rings. The van der Waals surface area contributed by atoms with E-state index in [1.54, 1.807) is 0 Å². The summed E-state index contributed by atoms with van der Waals surface area (Å²) in [5, 5.41) is 0. The molecular formula is C24H26CuN8. The first-order chi connectivity index (χ1) is 15.2. The number of allylic oxidation sites excluding steroid dienone is 2. The summed E-state index contributed by atoms with van der Waals surface area (Å²) in [6, 6.07) is 0. The van der Waals surface area contributed by atoms with E-state index in [1.807, 2.05) is 41.5 Å². The largest absolute Gasteiger partial charge is 2.00 e. The fraction of sp³-hybridized carbons (Fsp3) is 0.417. The summed E-state index contributed by atoms with van der Waals surface area (Å²) in [4.78, 5) is 38.1. The quantitative estimate of drug-likeness (QED) is 0.431. The van der Waals surface area contributed by atoms with Gasteiger partial charge in [-0.1, -0.05) is 13.8 Å². The van der Waals surface area contributed by atoms with Crippen LogP contribution in [0.15, 0.2) is 0 Å². The molecule has 8 bridgehead atoms. The Hall–Kier alpha value is -2.90. The van der Waals surface area contributed by atoms with E-state index in [1.165, 1.54) is 0 Å². The van der Waals surface area contributed by atoms with E-state index in [0.717, 1.165) is 45.0 Å². The van der Waals surface area contributed by atoms with Crippen LogP contribution in [0.5, 0.6) is 0 Å². The molecular weight excluding hydrogens is 464 g/mol. The minimum Gasteiger partial charge on any atom is -0.358 e. The predicted octanol–water partition coefficient (Wildman–Crippen LogP) is 4.24. The first-order valence-corrected chi connectivity index (χ1v) is 10.9. The average Bonchev–Trinajstić information content (AvgIpc) is 3.37. The van der Waals surface area contributed by atoms with Crippen LogP contribution in [0.2, 0.25) is 0 Å². The van der Waals surface area contributed by atoms with Crippen molar-refractivity contribution in [1.29, 1.82) is 0 Å². The van der Waals surface area contributed by atoms with E-state index in [2.05, 4.69) is 13.8 Å². The summed E-state index contributed by atoms with van der Waals surface area (Å²) in [7, 11) is 0. The van der Waals surface area contributed by atoms with Crippen molar-refractivity contribution < 1.29 is 17.1 Å². The third-order valence-corrected chi connectivity index (χ3v) is 6.99. The minimum absolute atomic E-state index is 0. The van der Waals surface area contributed by atoms with Crippen molar-refractivity contribution in [3.05, 3.63) is 45.6 Å². The third kappa shape index (κ3) is 3.60. The Kier molecular flexibility index (Phi) is 5.74. The van der Waals surface area contributed by atoms with Gasteiger partial charge in [-0.15, -0.1) is 0 Å². The molecule has 9 heteroatoms. The maximum Gasteiger partial charge on any atom is 2.00 e. The van der Waals surface area contributed by atoms with Gasteiger partial charge in [0.1, 0.15) is 0 Å². The van der Waals surface area contributed by atoms with Gasteiger partial charge in [-0.25, -0.2) is 4.98 Å². The van der Waals surface area contributed by atoms with Crippen LogP contribution in [-0.4, -0.2) is 29.9 Å². The Morgan fingerprint density at radius 2 is 0.818 bits per heavy atom. The van der Waals surface area contributed by atoms with Gasteiger partial charge in [-0.2, -0.15) is 0 Å². The maximum absolute atomic E-state index is 4.83. The molecule has 5 rings (SSSR count). The van der Waals surface area contributed by atoms with Gasteiger partial charge in [0.05, 0.1) is 23.3 Å². The van der Waals surface area contributed by atoms with Gasteiger partial charge in [0, 0.05) is 34.4 Å². The van der Waals surface area contributed by atoms with E-state index in [0.29, 0.717) is 34.2 Å². The van der Waals surface area contributed by atoms with Gasteiger partial charge in [0.2, 0.25) is 0 Å². The molecule has 3 aromatic heterocycles. The zero-order valence-corrected chi connectivity index (χ0v) is 21.0. The maximum atomic E-state index is 4.83. The number of aryl methyl sites for hydroxylation is 4. The summed E-state index contributed by atoms with van der Waals surface area (Å²) in [6.07, 6.45) is 0. The molecule has 2 aliphatic rings. The van der Waals surface area contributed by atoms with Crippen LogP contribution >= 0.6 is 0 Å². The van der Waals surface area contributed by atoms with Crippen molar-refractivity contribution in [2.45, 2.75) is 67.2 Å². The SMILES string of the molecule is CC1=C(C)c2nc1nc1[n-]c(nc3nc(nc4[n-]c(n2)c(C)c4C)C(C)C3C)c(C)c1C.[Cu+2]. The Labute approximate surface area is 203 Å². The molecule has 0 saturated carbocycles. The van der Waals surface area contributed by atoms with Crippen LogP contribution in [-0.2, 0) is 17.1 Å². The van der Waals surface area contributed by atoms with Crippen LogP contribution in [0.4, 0.5) is 0 Å². The summed E-state index contributed by atoms with van der Waals surface area (Å²) in [5.41, 5.74) is 8.53. The number of nitrogens with zero attached hydrogens (tertiary/aromatic N) is 8. The first kappa shape index (κ1) is 23.3. The summed E-state index contributed by atoms with van der Waals surface area (Å²) >= 11 is 0. The fourth-order valence-electron chi connectivity index (χ4n) is 3.90. The molecule has 33 heavy (non-hydrogen) atoms. The Bertz CT molecular complexity index is 1370. The second-order valence-electron chi connectivity index (χ2n) is 8.88. The molecule has 1 radical (unpaired) electrons. The Morgan fingerprint density at radius 1 is 0.485 bits per heavy atom. The van der Waals surface area contributed by atoms with Gasteiger partial charge in [-0.05, 0) is 74.9 Å². The number of fused-ring (bicyclic) bond motifs is 8. The van der Waals surface area contributed by atoms with Crippen LogP contribution in [0, 0.1) is 27.7 Å². The van der Waals surface area contributed by atoms with Gasteiger partial charge in [0.25, 0.3) is 0 Å². The van der Waals surface area contributed by atoms with Crippen LogP contribution in [0.3, 0.4) is 0 Å². The number of aromatic nitrogens is 8. The molecule has 0 aliphatic carbocycles. The average molecular weight is 490 g/mol. The zero-order valence-electron chi connectivity index (χ0n) is 20.0. The van der Waals surface area contributed by atoms with Crippen LogP contribution in [0.25, 0.3) is 33.7 Å². The monoisotopic (exact) mass is 489 g/mol. The smallest absolute Gasteiger partial charge is 0.358 e. The van der Waals surface area contributed by atoms with Gasteiger partial charge < -0.3 is 29.9 Å². The number of hydrogen-bond donors (Lipinski definition) is 0. The van der Waals surface area contributed by atoms with Gasteiger partial charge in [-0.3, -0.25) is 4.98 Å². The molecule has 8 nitrogen and oxygen atoms in total. The standard InChI is InChI=1S/C24H26N8.Cu/c1-9-10(2)18-25-17(9)29-19-11(3)12(4)21(26-19)31-23-15(7)16(8)24(28-23)32-22-14(6)13(5)20(27-22)30-18;/h9-10H,1-8H3;/q-2;+2. The summed E-state index contributed by atoms with van der Waals surface area (Å²) in [6.45, 7) is 16.3. The predicted molar refractivity (Wildman–Crippen MR) is 124 cm³/mol. The third-order valence-electron chi connectivity index (χ3n) is 6.99. The molecule has 2 unspecified atom stereocenters. The molecule has 5 heterocycles. The van der Waals surface area contributed by atoms with Gasteiger partial charge in [0.15, 0.2) is 0 Å². The van der Waals surface area contributed by atoms with Crippen molar-refractivity contribution in [3.8, 4) is 0 Å². The van der Waals surface area contributed by atoms with Gasteiger partial charge >= 0.3 is 17.1 Å². The second-order valence-corrected chi connectivity index (χ2v) is 8.88. The topological polar surface area (TPSA) is 106 Å². The molecule has 3 aromatic rings. The summed E-state index contributed by atoms with van der Waals surface area (Å²) in [5.74, 6) is 2.99. The van der Waals surface area contributed by atoms with E-state index < -0.39 is 0 Å². The molecule has 173 valence electrons. The van der Waals surface area contributed by atoms with E-state index in [-0.39, 0.29) is 28.9 Å². The zero-order chi connectivity index (χ0) is 22.9. The second kappa shape index (κ2) is 8.15. The molecule has 0 N–H and O–H groups in total. The molecule has 0 saturated heterocycles. The van der Waals surface area contributed by atoms with E-state index in [9.17, 15) is 0 Å². The van der Waals surface area contributed by atoms with Crippen LogP contribution < -0.4 is 9.97 Å². The molecule has 0 spiro atoms. The van der Waals surface area contributed by atoms with Crippen LogP contribution in [0.1, 0.15) is 85.1 Å². The number of rotatable bonds is 0. The molecule has 0 aromatic carbocycles. The van der Waals surface area contributed by atoms with Crippen molar-refractivity contribution in [2.75, 3.05) is 0 Å². The molecule has 2 aliphatic heterocycles. The van der Waals surface area contributed by atoms with Crippen molar-refractivity contribution in [2.24, 2.45) is 0 Å². The van der Waals surface area contributed by atoms with Crippen molar-refractivity contribution in [3.63, 3.8) is 0 Å². The molecule has 0 amide bonds. The normalized spacial score (nSPS) is 17.9. The number of hydrogen-bond acceptors (Lipinski definition) is 6.